The molecule has 5 heteroatoms. The van der Waals surface area contributed by atoms with Gasteiger partial charge in [-0.05, 0) is 19.9 Å². The number of nitrogens with one attached hydrogen (secondary N) is 2. The molecule has 0 aromatic heterocycles. The standard InChI is InChI=1S/C9H18N2O3/c1-2-11-8(12)5-7-10-6-3-4-9(13)14/h10H,2-7H2,1H3,(H,11,12)(H,13,14). The van der Waals surface area contributed by atoms with Crippen LogP contribution in [0.3, 0.4) is 0 Å². The Labute approximate surface area is 83.9 Å². The van der Waals surface area contributed by atoms with Crippen molar-refractivity contribution in [3.8, 4) is 0 Å². The van der Waals surface area contributed by atoms with Crippen molar-refractivity contribution < 1.29 is 14.7 Å². The zero-order chi connectivity index (χ0) is 10.8. The van der Waals surface area contributed by atoms with Crippen LogP contribution < -0.4 is 10.6 Å². The van der Waals surface area contributed by atoms with E-state index in [1.54, 1.807) is 0 Å². The van der Waals surface area contributed by atoms with Crippen molar-refractivity contribution >= 4 is 11.9 Å². The Morgan fingerprint density at radius 1 is 1.21 bits per heavy atom. The van der Waals surface area contributed by atoms with E-state index in [0.717, 1.165) is 0 Å². The second-order valence-corrected chi connectivity index (χ2v) is 2.95. The summed E-state index contributed by atoms with van der Waals surface area (Å²) in [7, 11) is 0. The molecule has 0 spiro atoms. The Hall–Kier alpha value is -1.10. The Morgan fingerprint density at radius 3 is 2.50 bits per heavy atom. The minimum absolute atomic E-state index is 0.0261. The maximum atomic E-state index is 10.9. The number of rotatable bonds is 8. The fourth-order valence-electron chi connectivity index (χ4n) is 0.977. The monoisotopic (exact) mass is 202 g/mol. The molecular formula is C9H18N2O3. The molecule has 0 aliphatic carbocycles. The molecule has 5 nitrogen and oxygen atoms in total. The Kier molecular flexibility index (Phi) is 7.83. The molecule has 0 aliphatic heterocycles. The van der Waals surface area contributed by atoms with Gasteiger partial charge < -0.3 is 15.7 Å². The first-order valence-corrected chi connectivity index (χ1v) is 4.86. The zero-order valence-electron chi connectivity index (χ0n) is 8.51. The molecule has 0 aromatic rings. The molecule has 0 aromatic carbocycles. The number of carbonyl (C=O) groups is 2. The van der Waals surface area contributed by atoms with E-state index in [2.05, 4.69) is 10.6 Å². The van der Waals surface area contributed by atoms with Crippen LogP contribution in [0.2, 0.25) is 0 Å². The number of carboxylic acids is 1. The van der Waals surface area contributed by atoms with Crippen LogP contribution in [-0.2, 0) is 9.59 Å². The number of hydrogen-bond donors (Lipinski definition) is 3. The molecule has 82 valence electrons. The SMILES string of the molecule is CCNC(=O)CCNCCCC(=O)O. The maximum Gasteiger partial charge on any atom is 0.303 e. The fourth-order valence-corrected chi connectivity index (χ4v) is 0.977. The first kappa shape index (κ1) is 12.9. The lowest BCUT2D eigenvalue weighted by Gasteiger charge is -2.03. The lowest BCUT2D eigenvalue weighted by atomic mass is 10.3. The van der Waals surface area contributed by atoms with Crippen LogP contribution in [0.1, 0.15) is 26.2 Å². The maximum absolute atomic E-state index is 10.9. The number of aliphatic carboxylic acids is 1. The molecule has 0 unspecified atom stereocenters. The summed E-state index contributed by atoms with van der Waals surface area (Å²) >= 11 is 0. The van der Waals surface area contributed by atoms with E-state index in [9.17, 15) is 9.59 Å². The molecule has 0 aliphatic rings. The van der Waals surface area contributed by atoms with Crippen molar-refractivity contribution in [3.63, 3.8) is 0 Å². The summed E-state index contributed by atoms with van der Waals surface area (Å²) in [6.45, 7) is 3.77. The van der Waals surface area contributed by atoms with Crippen LogP contribution in [0.5, 0.6) is 0 Å². The van der Waals surface area contributed by atoms with E-state index in [1.165, 1.54) is 0 Å². The Morgan fingerprint density at radius 2 is 1.93 bits per heavy atom. The molecule has 1 amide bonds. The topological polar surface area (TPSA) is 78.4 Å². The summed E-state index contributed by atoms with van der Waals surface area (Å²) < 4.78 is 0. The van der Waals surface area contributed by atoms with Gasteiger partial charge in [0.1, 0.15) is 0 Å². The summed E-state index contributed by atoms with van der Waals surface area (Å²) in [5.74, 6) is -0.756. The molecule has 0 saturated carbocycles. The summed E-state index contributed by atoms with van der Waals surface area (Å²) in [5, 5.41) is 14.0. The van der Waals surface area contributed by atoms with Gasteiger partial charge in [-0.25, -0.2) is 0 Å². The van der Waals surface area contributed by atoms with Gasteiger partial charge >= 0.3 is 5.97 Å². The second kappa shape index (κ2) is 8.50. The average Bonchev–Trinajstić information content (AvgIpc) is 2.11. The summed E-state index contributed by atoms with van der Waals surface area (Å²) in [5.41, 5.74) is 0. The highest BCUT2D eigenvalue weighted by Gasteiger charge is 1.98. The summed E-state index contributed by atoms with van der Waals surface area (Å²) in [4.78, 5) is 21.1. The normalized spacial score (nSPS) is 9.79. The van der Waals surface area contributed by atoms with Gasteiger partial charge in [-0.2, -0.15) is 0 Å². The molecule has 0 radical (unpaired) electrons. The lowest BCUT2D eigenvalue weighted by molar-refractivity contribution is -0.137. The number of carboxylic acid groups (broad SMARTS) is 1. The van der Waals surface area contributed by atoms with Crippen molar-refractivity contribution in [2.75, 3.05) is 19.6 Å². The third-order valence-electron chi connectivity index (χ3n) is 1.65. The van der Waals surface area contributed by atoms with Crippen molar-refractivity contribution in [3.05, 3.63) is 0 Å². The highest BCUT2D eigenvalue weighted by molar-refractivity contribution is 5.75. The summed E-state index contributed by atoms with van der Waals surface area (Å²) in [6.07, 6.45) is 1.22. The first-order valence-electron chi connectivity index (χ1n) is 4.86. The van der Waals surface area contributed by atoms with Gasteiger partial charge in [-0.3, -0.25) is 9.59 Å². The predicted octanol–water partition coefficient (Wildman–Crippen LogP) is -0.0330. The van der Waals surface area contributed by atoms with Gasteiger partial charge in [0.2, 0.25) is 5.91 Å². The number of amides is 1. The van der Waals surface area contributed by atoms with E-state index in [1.807, 2.05) is 6.92 Å². The summed E-state index contributed by atoms with van der Waals surface area (Å²) in [6, 6.07) is 0. The van der Waals surface area contributed by atoms with Crippen molar-refractivity contribution in [2.45, 2.75) is 26.2 Å². The van der Waals surface area contributed by atoms with Crippen molar-refractivity contribution in [1.29, 1.82) is 0 Å². The van der Waals surface area contributed by atoms with E-state index in [-0.39, 0.29) is 12.3 Å². The molecular weight excluding hydrogens is 184 g/mol. The quantitative estimate of drug-likeness (QED) is 0.483. The second-order valence-electron chi connectivity index (χ2n) is 2.95. The first-order chi connectivity index (χ1) is 6.66. The van der Waals surface area contributed by atoms with E-state index >= 15 is 0 Å². The molecule has 0 heterocycles. The molecule has 0 saturated heterocycles. The number of hydrogen-bond acceptors (Lipinski definition) is 3. The Balaban J connectivity index is 3.13. The molecule has 0 fully saturated rings. The van der Waals surface area contributed by atoms with Crippen LogP contribution in [0.15, 0.2) is 0 Å². The van der Waals surface area contributed by atoms with Crippen molar-refractivity contribution in [2.24, 2.45) is 0 Å². The Bertz CT molecular complexity index is 183. The van der Waals surface area contributed by atoms with Gasteiger partial charge in [0, 0.05) is 25.9 Å². The minimum Gasteiger partial charge on any atom is -0.481 e. The molecule has 14 heavy (non-hydrogen) atoms. The predicted molar refractivity (Wildman–Crippen MR) is 53.0 cm³/mol. The molecule has 3 N–H and O–H groups in total. The van der Waals surface area contributed by atoms with Gasteiger partial charge in [-0.15, -0.1) is 0 Å². The van der Waals surface area contributed by atoms with Crippen LogP contribution in [0.4, 0.5) is 0 Å². The van der Waals surface area contributed by atoms with Crippen LogP contribution in [0.25, 0.3) is 0 Å². The van der Waals surface area contributed by atoms with Gasteiger partial charge in [0.15, 0.2) is 0 Å². The van der Waals surface area contributed by atoms with E-state index < -0.39 is 5.97 Å². The molecule has 0 rings (SSSR count). The number of carbonyl (C=O) groups excluding carboxylic acids is 1. The van der Waals surface area contributed by atoms with E-state index in [0.29, 0.717) is 32.5 Å². The van der Waals surface area contributed by atoms with Gasteiger partial charge in [0.25, 0.3) is 0 Å². The van der Waals surface area contributed by atoms with E-state index in [4.69, 9.17) is 5.11 Å². The zero-order valence-corrected chi connectivity index (χ0v) is 8.51. The van der Waals surface area contributed by atoms with Crippen LogP contribution in [0, 0.1) is 0 Å². The molecule has 0 atom stereocenters. The van der Waals surface area contributed by atoms with Crippen molar-refractivity contribution in [1.82, 2.24) is 10.6 Å². The highest BCUT2D eigenvalue weighted by atomic mass is 16.4. The minimum atomic E-state index is -0.782. The van der Waals surface area contributed by atoms with Gasteiger partial charge in [-0.1, -0.05) is 0 Å². The third-order valence-corrected chi connectivity index (χ3v) is 1.65. The van der Waals surface area contributed by atoms with Gasteiger partial charge in [0.05, 0.1) is 0 Å². The van der Waals surface area contributed by atoms with Crippen LogP contribution >= 0.6 is 0 Å². The molecule has 0 bridgehead atoms. The highest BCUT2D eigenvalue weighted by Crippen LogP contribution is 1.86. The van der Waals surface area contributed by atoms with Crippen LogP contribution in [-0.4, -0.2) is 36.6 Å². The lowest BCUT2D eigenvalue weighted by Crippen LogP contribution is -2.27. The average molecular weight is 202 g/mol. The largest absolute Gasteiger partial charge is 0.481 e. The fraction of sp³-hybridized carbons (Fsp3) is 0.778. The third kappa shape index (κ3) is 8.99. The smallest absolute Gasteiger partial charge is 0.303 e.